The number of hydrogen-bond donors (Lipinski definition) is 1. The van der Waals surface area contributed by atoms with Crippen molar-refractivity contribution in [3.05, 3.63) is 34.3 Å². The maximum Gasteiger partial charge on any atom is 0.251 e. The van der Waals surface area contributed by atoms with Crippen LogP contribution < -0.4 is 5.32 Å². The zero-order valence-electron chi connectivity index (χ0n) is 9.67. The summed E-state index contributed by atoms with van der Waals surface area (Å²) in [5.41, 5.74) is 1.57. The van der Waals surface area contributed by atoms with Crippen LogP contribution in [0, 0.1) is 6.92 Å². The van der Waals surface area contributed by atoms with Gasteiger partial charge in [-0.15, -0.1) is 11.6 Å². The normalized spacial score (nSPS) is 23.7. The van der Waals surface area contributed by atoms with E-state index in [2.05, 4.69) is 5.32 Å². The second kappa shape index (κ2) is 5.28. The average molecular weight is 272 g/mol. The third kappa shape index (κ3) is 2.93. The van der Waals surface area contributed by atoms with Crippen LogP contribution in [-0.2, 0) is 0 Å². The van der Waals surface area contributed by atoms with E-state index in [0.717, 1.165) is 24.8 Å². The summed E-state index contributed by atoms with van der Waals surface area (Å²) in [7, 11) is 0. The maximum absolute atomic E-state index is 12.0. The second-order valence-corrected chi connectivity index (χ2v) is 5.46. The van der Waals surface area contributed by atoms with Crippen molar-refractivity contribution in [3.8, 4) is 0 Å². The largest absolute Gasteiger partial charge is 0.348 e. The van der Waals surface area contributed by atoms with Gasteiger partial charge in [0, 0.05) is 16.6 Å². The van der Waals surface area contributed by atoms with Crippen LogP contribution in [-0.4, -0.2) is 17.3 Å². The lowest BCUT2D eigenvalue weighted by atomic mass is 10.1. The molecule has 0 aromatic heterocycles. The first-order chi connectivity index (χ1) is 8.08. The van der Waals surface area contributed by atoms with Gasteiger partial charge in [0.25, 0.3) is 5.91 Å². The molecule has 2 unspecified atom stereocenters. The van der Waals surface area contributed by atoms with Gasteiger partial charge in [-0.05, 0) is 43.9 Å². The second-order valence-electron chi connectivity index (χ2n) is 4.49. The summed E-state index contributed by atoms with van der Waals surface area (Å²) in [4.78, 5) is 12.0. The summed E-state index contributed by atoms with van der Waals surface area (Å²) in [5.74, 6) is -0.0931. The third-order valence-electron chi connectivity index (χ3n) is 3.18. The number of amides is 1. The third-order valence-corrected chi connectivity index (χ3v) is 4.11. The molecule has 1 amide bonds. The van der Waals surface area contributed by atoms with E-state index in [0.29, 0.717) is 10.6 Å². The number of halogens is 2. The number of aryl methyl sites for hydroxylation is 1. The fraction of sp³-hybridized carbons (Fsp3) is 0.462. The van der Waals surface area contributed by atoms with E-state index in [-0.39, 0.29) is 17.3 Å². The Morgan fingerprint density at radius 2 is 2.18 bits per heavy atom. The number of alkyl halides is 1. The highest BCUT2D eigenvalue weighted by molar-refractivity contribution is 6.31. The Labute approximate surface area is 111 Å². The molecule has 0 heterocycles. The number of hydrogen-bond acceptors (Lipinski definition) is 1. The predicted molar refractivity (Wildman–Crippen MR) is 70.9 cm³/mol. The summed E-state index contributed by atoms with van der Waals surface area (Å²) >= 11 is 12.1. The van der Waals surface area contributed by atoms with E-state index in [1.54, 1.807) is 12.1 Å². The minimum Gasteiger partial charge on any atom is -0.348 e. The Morgan fingerprint density at radius 3 is 2.76 bits per heavy atom. The Bertz CT molecular complexity index is 433. The first-order valence-electron chi connectivity index (χ1n) is 5.79. The van der Waals surface area contributed by atoms with Crippen molar-refractivity contribution < 1.29 is 4.79 Å². The highest BCUT2D eigenvalue weighted by atomic mass is 35.5. The van der Waals surface area contributed by atoms with Crippen LogP contribution in [0.5, 0.6) is 0 Å². The monoisotopic (exact) mass is 271 g/mol. The molecule has 1 aromatic carbocycles. The van der Waals surface area contributed by atoms with Gasteiger partial charge in [-0.25, -0.2) is 0 Å². The number of carbonyl (C=O) groups is 1. The molecule has 4 heteroatoms. The van der Waals surface area contributed by atoms with E-state index in [1.165, 1.54) is 0 Å². The zero-order chi connectivity index (χ0) is 12.4. The predicted octanol–water partition coefficient (Wildman–Crippen LogP) is 3.54. The van der Waals surface area contributed by atoms with Crippen LogP contribution in [0.2, 0.25) is 5.02 Å². The number of rotatable bonds is 2. The van der Waals surface area contributed by atoms with Gasteiger partial charge in [0.15, 0.2) is 0 Å². The van der Waals surface area contributed by atoms with Gasteiger partial charge in [-0.2, -0.15) is 0 Å². The minimum atomic E-state index is -0.0931. The molecule has 0 aliphatic heterocycles. The van der Waals surface area contributed by atoms with Gasteiger partial charge in [-0.3, -0.25) is 4.79 Å². The quantitative estimate of drug-likeness (QED) is 0.820. The molecule has 0 bridgehead atoms. The van der Waals surface area contributed by atoms with Crippen molar-refractivity contribution in [1.29, 1.82) is 0 Å². The van der Waals surface area contributed by atoms with Gasteiger partial charge in [0.1, 0.15) is 0 Å². The lowest BCUT2D eigenvalue weighted by molar-refractivity contribution is 0.0938. The highest BCUT2D eigenvalue weighted by Gasteiger charge is 2.26. The van der Waals surface area contributed by atoms with Crippen molar-refractivity contribution in [2.75, 3.05) is 0 Å². The molecular weight excluding hydrogens is 257 g/mol. The van der Waals surface area contributed by atoms with Gasteiger partial charge in [-0.1, -0.05) is 17.7 Å². The fourth-order valence-electron chi connectivity index (χ4n) is 2.06. The molecule has 1 aromatic rings. The van der Waals surface area contributed by atoms with Gasteiger partial charge in [0.05, 0.1) is 5.38 Å². The maximum atomic E-state index is 12.0. The number of carbonyl (C=O) groups excluding carboxylic acids is 1. The summed E-state index contributed by atoms with van der Waals surface area (Å²) in [6, 6.07) is 5.42. The van der Waals surface area contributed by atoms with Crippen molar-refractivity contribution in [3.63, 3.8) is 0 Å². The summed E-state index contributed by atoms with van der Waals surface area (Å²) in [6.45, 7) is 1.91. The van der Waals surface area contributed by atoms with Crippen molar-refractivity contribution in [2.24, 2.45) is 0 Å². The molecule has 0 saturated heterocycles. The Morgan fingerprint density at radius 1 is 1.41 bits per heavy atom. The molecule has 1 saturated carbocycles. The van der Waals surface area contributed by atoms with Crippen LogP contribution in [0.4, 0.5) is 0 Å². The first-order valence-corrected chi connectivity index (χ1v) is 6.60. The van der Waals surface area contributed by atoms with Crippen molar-refractivity contribution in [1.82, 2.24) is 5.32 Å². The van der Waals surface area contributed by atoms with Crippen LogP contribution in [0.1, 0.15) is 35.2 Å². The molecule has 1 aliphatic rings. The first kappa shape index (κ1) is 12.7. The lowest BCUT2D eigenvalue weighted by Gasteiger charge is -2.16. The number of benzene rings is 1. The fourth-order valence-corrected chi connectivity index (χ4v) is 2.59. The van der Waals surface area contributed by atoms with Crippen LogP contribution in [0.25, 0.3) is 0 Å². The molecule has 1 fully saturated rings. The van der Waals surface area contributed by atoms with E-state index in [1.807, 2.05) is 13.0 Å². The topological polar surface area (TPSA) is 29.1 Å². The summed E-state index contributed by atoms with van der Waals surface area (Å²) in [5, 5.41) is 3.63. The van der Waals surface area contributed by atoms with E-state index >= 15 is 0 Å². The lowest BCUT2D eigenvalue weighted by Crippen LogP contribution is -2.37. The molecule has 0 spiro atoms. The SMILES string of the molecule is Cc1ccc(C(=O)NC2CCCC2Cl)cc1Cl. The Kier molecular flexibility index (Phi) is 3.95. The van der Waals surface area contributed by atoms with E-state index < -0.39 is 0 Å². The highest BCUT2D eigenvalue weighted by Crippen LogP contribution is 2.24. The van der Waals surface area contributed by atoms with Crippen molar-refractivity contribution >= 4 is 29.1 Å². The van der Waals surface area contributed by atoms with Gasteiger partial charge >= 0.3 is 0 Å². The van der Waals surface area contributed by atoms with Crippen LogP contribution in [0.15, 0.2) is 18.2 Å². The molecular formula is C13H15Cl2NO. The molecule has 1 N–H and O–H groups in total. The molecule has 1 aliphatic carbocycles. The molecule has 17 heavy (non-hydrogen) atoms. The molecule has 0 radical (unpaired) electrons. The zero-order valence-corrected chi connectivity index (χ0v) is 11.2. The molecule has 92 valence electrons. The summed E-state index contributed by atoms with van der Waals surface area (Å²) in [6.07, 6.45) is 3.01. The van der Waals surface area contributed by atoms with E-state index in [4.69, 9.17) is 23.2 Å². The molecule has 2 nitrogen and oxygen atoms in total. The average Bonchev–Trinajstić information content (AvgIpc) is 2.68. The van der Waals surface area contributed by atoms with E-state index in [9.17, 15) is 4.79 Å². The number of nitrogens with one attached hydrogen (secondary N) is 1. The Hall–Kier alpha value is -0.730. The molecule has 2 rings (SSSR count). The van der Waals surface area contributed by atoms with Crippen LogP contribution >= 0.6 is 23.2 Å². The molecule has 2 atom stereocenters. The Balaban J connectivity index is 2.06. The van der Waals surface area contributed by atoms with Gasteiger partial charge in [0.2, 0.25) is 0 Å². The summed E-state index contributed by atoms with van der Waals surface area (Å²) < 4.78 is 0. The minimum absolute atomic E-state index is 0.0554. The standard InChI is InChI=1S/C13H15Cl2NO/c1-8-5-6-9(7-11(8)15)13(17)16-12-4-2-3-10(12)14/h5-7,10,12H,2-4H2,1H3,(H,16,17). The van der Waals surface area contributed by atoms with Crippen molar-refractivity contribution in [2.45, 2.75) is 37.6 Å². The van der Waals surface area contributed by atoms with Crippen LogP contribution in [0.3, 0.4) is 0 Å². The smallest absolute Gasteiger partial charge is 0.251 e. The van der Waals surface area contributed by atoms with Gasteiger partial charge < -0.3 is 5.32 Å².